The molecule has 1 aliphatic rings. The summed E-state index contributed by atoms with van der Waals surface area (Å²) in [4.78, 5) is 15.1. The Bertz CT molecular complexity index is 593. The summed E-state index contributed by atoms with van der Waals surface area (Å²) in [6, 6.07) is 6.10. The minimum atomic E-state index is -0.470. The van der Waals surface area contributed by atoms with Crippen molar-refractivity contribution in [2.45, 2.75) is 25.2 Å². The number of aromatic nitrogens is 2. The van der Waals surface area contributed by atoms with Gasteiger partial charge < -0.3 is 10.6 Å². The third-order valence-corrected chi connectivity index (χ3v) is 4.99. The molecule has 21 heavy (non-hydrogen) atoms. The van der Waals surface area contributed by atoms with Crippen LogP contribution in [0.4, 0.5) is 0 Å². The van der Waals surface area contributed by atoms with Gasteiger partial charge in [-0.15, -0.1) is 11.3 Å². The van der Waals surface area contributed by atoms with Gasteiger partial charge in [-0.3, -0.25) is 9.89 Å². The molecule has 1 amide bonds. The molecule has 3 rings (SSSR count). The lowest BCUT2D eigenvalue weighted by Crippen LogP contribution is -2.35. The van der Waals surface area contributed by atoms with Crippen LogP contribution < -0.4 is 5.73 Å². The number of aromatic amines is 1. The number of piperidine rings is 1. The van der Waals surface area contributed by atoms with Crippen LogP contribution in [0.15, 0.2) is 23.6 Å². The molecule has 2 aromatic heterocycles. The van der Waals surface area contributed by atoms with E-state index in [0.717, 1.165) is 38.2 Å². The molecule has 1 saturated heterocycles. The van der Waals surface area contributed by atoms with E-state index in [1.54, 1.807) is 6.07 Å². The highest BCUT2D eigenvalue weighted by atomic mass is 32.1. The highest BCUT2D eigenvalue weighted by Gasteiger charge is 2.23. The first kappa shape index (κ1) is 14.3. The maximum Gasteiger partial charge on any atom is 0.269 e. The third kappa shape index (κ3) is 3.51. The summed E-state index contributed by atoms with van der Waals surface area (Å²) in [6.45, 7) is 3.26. The van der Waals surface area contributed by atoms with Gasteiger partial charge in [-0.25, -0.2) is 0 Å². The van der Waals surface area contributed by atoms with Crippen molar-refractivity contribution in [3.8, 4) is 0 Å². The molecule has 1 aliphatic heterocycles. The molecule has 5 nitrogen and oxygen atoms in total. The SMILES string of the molecule is NC(=O)c1cc(C2CCCN(CCc3cccs3)C2)[nH]n1. The highest BCUT2D eigenvalue weighted by molar-refractivity contribution is 7.09. The number of nitrogens with two attached hydrogens (primary N) is 1. The number of hydrogen-bond acceptors (Lipinski definition) is 4. The molecule has 1 atom stereocenters. The molecule has 3 N–H and O–H groups in total. The molecule has 3 heterocycles. The van der Waals surface area contributed by atoms with E-state index >= 15 is 0 Å². The molecule has 0 bridgehead atoms. The smallest absolute Gasteiger partial charge is 0.269 e. The van der Waals surface area contributed by atoms with Gasteiger partial charge in [-0.05, 0) is 43.3 Å². The summed E-state index contributed by atoms with van der Waals surface area (Å²) >= 11 is 1.82. The van der Waals surface area contributed by atoms with Crippen LogP contribution >= 0.6 is 11.3 Å². The van der Waals surface area contributed by atoms with Gasteiger partial charge in [0.15, 0.2) is 0 Å². The first-order chi connectivity index (χ1) is 10.2. The Labute approximate surface area is 128 Å². The van der Waals surface area contributed by atoms with E-state index in [-0.39, 0.29) is 0 Å². The van der Waals surface area contributed by atoms with Crippen LogP contribution in [0.3, 0.4) is 0 Å². The number of H-pyrrole nitrogens is 1. The Balaban J connectivity index is 1.58. The third-order valence-electron chi connectivity index (χ3n) is 4.05. The first-order valence-electron chi connectivity index (χ1n) is 7.32. The molecular weight excluding hydrogens is 284 g/mol. The van der Waals surface area contributed by atoms with Gasteiger partial charge in [-0.1, -0.05) is 6.07 Å². The lowest BCUT2D eigenvalue weighted by molar-refractivity contribution is 0.0995. The molecule has 112 valence electrons. The molecule has 1 unspecified atom stereocenters. The van der Waals surface area contributed by atoms with Crippen molar-refractivity contribution < 1.29 is 4.79 Å². The number of nitrogens with zero attached hydrogens (tertiary/aromatic N) is 2. The second-order valence-electron chi connectivity index (χ2n) is 5.54. The number of hydrogen-bond donors (Lipinski definition) is 2. The number of nitrogens with one attached hydrogen (secondary N) is 1. The first-order valence-corrected chi connectivity index (χ1v) is 8.20. The lowest BCUT2D eigenvalue weighted by atomic mass is 9.94. The summed E-state index contributed by atoms with van der Waals surface area (Å²) in [6.07, 6.45) is 3.43. The predicted molar refractivity (Wildman–Crippen MR) is 83.5 cm³/mol. The summed E-state index contributed by atoms with van der Waals surface area (Å²) in [5, 5.41) is 9.09. The quantitative estimate of drug-likeness (QED) is 0.887. The van der Waals surface area contributed by atoms with Crippen LogP contribution in [0, 0.1) is 0 Å². The molecule has 0 aliphatic carbocycles. The minimum absolute atomic E-state index is 0.334. The van der Waals surface area contributed by atoms with Crippen molar-refractivity contribution in [1.82, 2.24) is 15.1 Å². The summed E-state index contributed by atoms with van der Waals surface area (Å²) in [5.74, 6) is -0.0504. The molecule has 1 fully saturated rings. The average molecular weight is 304 g/mol. The van der Waals surface area contributed by atoms with Crippen molar-refractivity contribution in [2.75, 3.05) is 19.6 Å². The van der Waals surface area contributed by atoms with Gasteiger partial charge in [0.2, 0.25) is 0 Å². The number of carbonyl (C=O) groups is 1. The maximum absolute atomic E-state index is 11.1. The van der Waals surface area contributed by atoms with Gasteiger partial charge in [0.05, 0.1) is 0 Å². The van der Waals surface area contributed by atoms with Crippen molar-refractivity contribution in [2.24, 2.45) is 5.73 Å². The number of thiophene rings is 1. The second-order valence-corrected chi connectivity index (χ2v) is 6.57. The van der Waals surface area contributed by atoms with Crippen LogP contribution in [-0.2, 0) is 6.42 Å². The molecule has 0 saturated carbocycles. The van der Waals surface area contributed by atoms with Gasteiger partial charge >= 0.3 is 0 Å². The highest BCUT2D eigenvalue weighted by Crippen LogP contribution is 2.26. The minimum Gasteiger partial charge on any atom is -0.364 e. The second kappa shape index (κ2) is 6.41. The van der Waals surface area contributed by atoms with Crippen LogP contribution in [0.5, 0.6) is 0 Å². The van der Waals surface area contributed by atoms with E-state index in [9.17, 15) is 4.79 Å². The fourth-order valence-electron chi connectivity index (χ4n) is 2.91. The normalized spacial score (nSPS) is 19.7. The predicted octanol–water partition coefficient (Wildman–Crippen LogP) is 1.99. The van der Waals surface area contributed by atoms with Crippen LogP contribution in [0.2, 0.25) is 0 Å². The van der Waals surface area contributed by atoms with Crippen molar-refractivity contribution in [1.29, 1.82) is 0 Å². The largest absolute Gasteiger partial charge is 0.364 e. The van der Waals surface area contributed by atoms with E-state index in [1.807, 2.05) is 11.3 Å². The van der Waals surface area contributed by atoms with Crippen LogP contribution in [0.25, 0.3) is 0 Å². The fourth-order valence-corrected chi connectivity index (χ4v) is 3.61. The van der Waals surface area contributed by atoms with Gasteiger partial charge in [0.1, 0.15) is 5.69 Å². The number of carbonyl (C=O) groups excluding carboxylic acids is 1. The maximum atomic E-state index is 11.1. The van der Waals surface area contributed by atoms with Crippen molar-refractivity contribution >= 4 is 17.2 Å². The van der Waals surface area contributed by atoms with Crippen LogP contribution in [0.1, 0.15) is 39.8 Å². The molecule has 0 aromatic carbocycles. The monoisotopic (exact) mass is 304 g/mol. The Morgan fingerprint density at radius 1 is 1.57 bits per heavy atom. The molecular formula is C15H20N4OS. The van der Waals surface area contributed by atoms with Gasteiger partial charge in [-0.2, -0.15) is 5.10 Å². The lowest BCUT2D eigenvalue weighted by Gasteiger charge is -2.32. The van der Waals surface area contributed by atoms with Gasteiger partial charge in [0.25, 0.3) is 5.91 Å². The van der Waals surface area contributed by atoms with E-state index in [2.05, 4.69) is 32.6 Å². The Kier molecular flexibility index (Phi) is 4.36. The number of rotatable bonds is 5. The number of likely N-dealkylation sites (tertiary alicyclic amines) is 1. The van der Waals surface area contributed by atoms with Gasteiger partial charge in [0, 0.05) is 29.6 Å². The number of amides is 1. The molecule has 0 radical (unpaired) electrons. The summed E-state index contributed by atoms with van der Waals surface area (Å²) in [7, 11) is 0. The van der Waals surface area contributed by atoms with Crippen LogP contribution in [-0.4, -0.2) is 40.6 Å². The topological polar surface area (TPSA) is 75.0 Å². The average Bonchev–Trinajstić information content (AvgIpc) is 3.17. The molecule has 6 heteroatoms. The Hall–Kier alpha value is -1.66. The standard InChI is InChI=1S/C15H20N4OS/c16-15(20)14-9-13(17-18-14)11-3-1-6-19(10-11)7-5-12-4-2-8-21-12/h2,4,8-9,11H,1,3,5-7,10H2,(H2,16,20)(H,17,18). The number of primary amides is 1. The van der Waals surface area contributed by atoms with E-state index in [0.29, 0.717) is 11.6 Å². The van der Waals surface area contributed by atoms with Crippen molar-refractivity contribution in [3.05, 3.63) is 39.8 Å². The van der Waals surface area contributed by atoms with E-state index in [1.165, 1.54) is 11.3 Å². The summed E-state index contributed by atoms with van der Waals surface area (Å²) < 4.78 is 0. The zero-order chi connectivity index (χ0) is 14.7. The fraction of sp³-hybridized carbons (Fsp3) is 0.467. The Morgan fingerprint density at radius 2 is 2.48 bits per heavy atom. The van der Waals surface area contributed by atoms with E-state index in [4.69, 9.17) is 5.73 Å². The molecule has 2 aromatic rings. The molecule has 0 spiro atoms. The van der Waals surface area contributed by atoms with Crippen molar-refractivity contribution in [3.63, 3.8) is 0 Å². The zero-order valence-corrected chi connectivity index (χ0v) is 12.7. The zero-order valence-electron chi connectivity index (χ0n) is 11.9. The van der Waals surface area contributed by atoms with E-state index < -0.39 is 5.91 Å². The summed E-state index contributed by atoms with van der Waals surface area (Å²) in [5.41, 5.74) is 6.62. The Morgan fingerprint density at radius 3 is 3.19 bits per heavy atom.